The molecule has 0 radical (unpaired) electrons. The molecule has 17 rings (SSSR count). The Bertz CT molecular complexity index is 5560. The maximum absolute atomic E-state index is 13.3. The molecule has 12 N–H and O–H groups in total. The summed E-state index contributed by atoms with van der Waals surface area (Å²) in [7, 11) is 1.60. The maximum Gasteiger partial charge on any atom is 0.251 e. The number of nitrogens with two attached hydrogens (primary N) is 1. The van der Waals surface area contributed by atoms with Crippen molar-refractivity contribution in [3.8, 4) is 56.4 Å². The van der Waals surface area contributed by atoms with Crippen LogP contribution in [0.3, 0.4) is 0 Å². The molecule has 0 spiro atoms. The van der Waals surface area contributed by atoms with Crippen LogP contribution in [0.15, 0.2) is 218 Å². The highest BCUT2D eigenvalue weighted by molar-refractivity contribution is 5.95. The molecule has 0 saturated heterocycles. The highest BCUT2D eigenvalue weighted by Crippen LogP contribution is 2.39. The number of nitrogens with zero attached hydrogens (tertiary/aromatic N) is 11. The molecule has 117 heavy (non-hydrogen) atoms. The standard InChI is InChI=1S/C23H24N4O3.C22H21N7O2.C22H22N4O3.C21H20FN3O2/c1-24-22(29)17-9-7-16(8-10-17)21-19-13-27(14-20(19)25-26-21)23(30)18(11-12-28)15-5-3-2-4-6-15;30-11-10-17(14-4-2-1-3-5-14)22(31)29-12-18-19(13-29)23-24-20(18)15-6-8-16(9-7-15)21-25-27-28-26-21;23-21(28)16-8-6-15(7-9-16)20-18-12-26(13-19(18)24-25-20)22(29)17(10-11-27)14-4-2-1-3-5-14;22-16-8-6-15(7-9-16)20-18-12-25(13-19(18)23-24-20)21(27)17(10-11-26)14-4-2-1-3-5-14/h2-10,18,28H,11-14H2,1H3,(H,24,29)(H,25,26);1-9,17,30H,10-13H2,(H,23,24)(H,25,26,27,28);1-9,17,27H,10-13H2,(H2,23,28)(H,24,25);1-9,17,26H,10-13H2,(H,23,24). The number of aromatic amines is 5. The molecule has 0 aliphatic carbocycles. The van der Waals surface area contributed by atoms with E-state index < -0.39 is 5.91 Å². The summed E-state index contributed by atoms with van der Waals surface area (Å²) in [6.45, 7) is 3.52. The monoisotopic (exact) mass is 1570 g/mol. The molecule has 9 heterocycles. The number of amides is 6. The Morgan fingerprint density at radius 3 is 0.915 bits per heavy atom. The quantitative estimate of drug-likeness (QED) is 0.0283. The third-order valence-electron chi connectivity index (χ3n) is 21.5. The predicted molar refractivity (Wildman–Crippen MR) is 432 cm³/mol. The molecule has 6 amide bonds. The molecule has 4 unspecified atom stereocenters. The van der Waals surface area contributed by atoms with Gasteiger partial charge in [-0.15, -0.1) is 10.2 Å². The van der Waals surface area contributed by atoms with E-state index in [9.17, 15) is 53.6 Å². The summed E-state index contributed by atoms with van der Waals surface area (Å²) in [4.78, 5) is 83.1. The minimum absolute atomic E-state index is 0.000708. The number of aliphatic hydroxyl groups excluding tert-OH is 4. The van der Waals surface area contributed by atoms with Crippen LogP contribution in [0, 0.1) is 5.82 Å². The molecule has 596 valence electrons. The van der Waals surface area contributed by atoms with Gasteiger partial charge in [-0.1, -0.05) is 170 Å². The lowest BCUT2D eigenvalue weighted by Gasteiger charge is -2.23. The number of fused-ring (bicyclic) bond motifs is 4. The van der Waals surface area contributed by atoms with Gasteiger partial charge >= 0.3 is 0 Å². The second kappa shape index (κ2) is 37.0. The van der Waals surface area contributed by atoms with Gasteiger partial charge in [0.25, 0.3) is 5.91 Å². The molecule has 8 aromatic carbocycles. The van der Waals surface area contributed by atoms with Crippen LogP contribution in [-0.4, -0.2) is 170 Å². The minimum Gasteiger partial charge on any atom is -0.396 e. The van der Waals surface area contributed by atoms with E-state index >= 15 is 0 Å². The molecule has 28 nitrogen and oxygen atoms in total. The predicted octanol–water partition coefficient (Wildman–Crippen LogP) is 10.1. The van der Waals surface area contributed by atoms with Crippen molar-refractivity contribution < 1.29 is 53.6 Å². The molecule has 0 saturated carbocycles. The van der Waals surface area contributed by atoms with Crippen molar-refractivity contribution in [1.82, 2.24) is 86.3 Å². The Morgan fingerprint density at radius 1 is 0.376 bits per heavy atom. The number of benzene rings is 8. The van der Waals surface area contributed by atoms with Crippen molar-refractivity contribution in [2.24, 2.45) is 5.73 Å². The van der Waals surface area contributed by atoms with Crippen LogP contribution in [0.5, 0.6) is 0 Å². The first kappa shape index (κ1) is 79.9. The third-order valence-corrected chi connectivity index (χ3v) is 21.5. The largest absolute Gasteiger partial charge is 0.396 e. The van der Waals surface area contributed by atoms with Crippen LogP contribution < -0.4 is 11.1 Å². The number of aliphatic hydroxyl groups is 4. The van der Waals surface area contributed by atoms with E-state index in [1.54, 1.807) is 70.3 Å². The van der Waals surface area contributed by atoms with Crippen molar-refractivity contribution >= 4 is 35.4 Å². The topological polar surface area (TPSA) is 404 Å². The van der Waals surface area contributed by atoms with E-state index in [0.717, 1.165) is 118 Å². The molecule has 29 heteroatoms. The van der Waals surface area contributed by atoms with E-state index in [1.165, 1.54) is 12.1 Å². The second-order valence-corrected chi connectivity index (χ2v) is 28.7. The lowest BCUT2D eigenvalue weighted by molar-refractivity contribution is -0.134. The third kappa shape index (κ3) is 18.0. The van der Waals surface area contributed by atoms with Gasteiger partial charge in [0.1, 0.15) is 5.82 Å². The van der Waals surface area contributed by atoms with Crippen molar-refractivity contribution in [1.29, 1.82) is 0 Å². The number of tetrazole rings is 1. The number of halogens is 1. The summed E-state index contributed by atoms with van der Waals surface area (Å²) in [5, 5.41) is 84.3. The fourth-order valence-corrected chi connectivity index (χ4v) is 15.4. The highest BCUT2D eigenvalue weighted by Gasteiger charge is 2.38. The van der Waals surface area contributed by atoms with E-state index in [-0.39, 0.29) is 85.5 Å². The Morgan fingerprint density at radius 2 is 0.650 bits per heavy atom. The summed E-state index contributed by atoms with van der Waals surface area (Å²) in [6.07, 6.45) is 1.55. The van der Waals surface area contributed by atoms with Gasteiger partial charge in [-0.05, 0) is 102 Å². The van der Waals surface area contributed by atoms with Crippen LogP contribution >= 0.6 is 0 Å². The highest BCUT2D eigenvalue weighted by atomic mass is 19.1. The normalized spacial score (nSPS) is 13.9. The summed E-state index contributed by atoms with van der Waals surface area (Å²) in [5.41, 5.74) is 25.1. The second-order valence-electron chi connectivity index (χ2n) is 28.7. The van der Waals surface area contributed by atoms with Gasteiger partial charge in [-0.3, -0.25) is 49.2 Å². The van der Waals surface area contributed by atoms with Gasteiger partial charge in [0, 0.05) is 94.7 Å². The maximum atomic E-state index is 13.3. The van der Waals surface area contributed by atoms with Crippen molar-refractivity contribution in [3.63, 3.8) is 0 Å². The lowest BCUT2D eigenvalue weighted by Crippen LogP contribution is -2.31. The van der Waals surface area contributed by atoms with Gasteiger partial charge < -0.3 is 51.1 Å². The minimum atomic E-state index is -0.476. The van der Waals surface area contributed by atoms with Crippen LogP contribution in [0.2, 0.25) is 0 Å². The Balaban J connectivity index is 0.000000129. The summed E-state index contributed by atoms with van der Waals surface area (Å²) >= 11 is 0. The first-order valence-corrected chi connectivity index (χ1v) is 38.5. The molecule has 4 aliphatic heterocycles. The molecular weight excluding hydrogens is 1490 g/mol. The number of H-pyrrole nitrogens is 5. The van der Waals surface area contributed by atoms with Crippen molar-refractivity contribution in [3.05, 3.63) is 303 Å². The Labute approximate surface area is 672 Å². The van der Waals surface area contributed by atoms with Crippen molar-refractivity contribution in [2.45, 2.75) is 102 Å². The zero-order chi connectivity index (χ0) is 81.5. The number of carbonyl (C=O) groups excluding carboxylic acids is 6. The van der Waals surface area contributed by atoms with Gasteiger partial charge in [0.05, 0.1) is 122 Å². The van der Waals surface area contributed by atoms with Gasteiger partial charge in [-0.25, -0.2) is 4.39 Å². The molecule has 4 aliphatic rings. The van der Waals surface area contributed by atoms with Gasteiger partial charge in [-0.2, -0.15) is 25.6 Å². The zero-order valence-electron chi connectivity index (χ0n) is 64.0. The number of hydrogen-bond donors (Lipinski definition) is 11. The molecule has 13 aromatic rings. The Hall–Kier alpha value is -13.7. The van der Waals surface area contributed by atoms with Crippen molar-refractivity contribution in [2.75, 3.05) is 33.5 Å². The van der Waals surface area contributed by atoms with E-state index in [1.807, 2.05) is 163 Å². The molecule has 0 bridgehead atoms. The SMILES string of the molecule is CNC(=O)c1ccc(-c2n[nH]c3c2CN(C(=O)C(CCO)c2ccccc2)C3)cc1.NC(=O)c1ccc(-c2n[nH]c3c2CN(C(=O)C(CCO)c2ccccc2)C3)cc1.O=C(C(CCO)c1ccccc1)N1Cc2[nH]nc(-c3ccc(-c4nn[nH]n4)cc3)c2C1.O=C(C(CCO)c1ccccc1)N1Cc2[nH]nc(-c3ccc(F)cc3)c2C1. The number of carbonyl (C=O) groups is 6. The number of aromatic nitrogens is 12. The average molecular weight is 1580 g/mol. The first-order valence-electron chi connectivity index (χ1n) is 38.5. The van der Waals surface area contributed by atoms with Crippen LogP contribution in [0.25, 0.3) is 56.4 Å². The van der Waals surface area contributed by atoms with Crippen LogP contribution in [0.1, 0.15) is 137 Å². The summed E-state index contributed by atoms with van der Waals surface area (Å²) < 4.78 is 13.2. The lowest BCUT2D eigenvalue weighted by atomic mass is 9.94. The fourth-order valence-electron chi connectivity index (χ4n) is 15.4. The van der Waals surface area contributed by atoms with Gasteiger partial charge in [0.15, 0.2) is 0 Å². The van der Waals surface area contributed by atoms with Crippen LogP contribution in [-0.2, 0) is 71.5 Å². The molecule has 0 fully saturated rings. The molecule has 4 atom stereocenters. The molecular formula is C88H87FN18O10. The summed E-state index contributed by atoms with van der Waals surface area (Å²) in [6, 6.07) is 66.5. The van der Waals surface area contributed by atoms with Gasteiger partial charge in [0.2, 0.25) is 35.4 Å². The smallest absolute Gasteiger partial charge is 0.251 e. The zero-order valence-corrected chi connectivity index (χ0v) is 64.0. The Kier molecular flexibility index (Phi) is 25.3. The average Bonchev–Trinajstić information content (AvgIpc) is 1.65. The van der Waals surface area contributed by atoms with E-state index in [4.69, 9.17) is 5.73 Å². The fraction of sp³-hybridized carbons (Fsp3) is 0.239. The van der Waals surface area contributed by atoms with E-state index in [2.05, 4.69) is 66.7 Å². The number of nitrogens with one attached hydrogen (secondary N) is 6. The first-order chi connectivity index (χ1) is 57.1. The summed E-state index contributed by atoms with van der Waals surface area (Å²) in [5.74, 6) is -1.86. The number of hydrogen-bond acceptors (Lipinski definition) is 17. The van der Waals surface area contributed by atoms with Crippen LogP contribution in [0.4, 0.5) is 4.39 Å². The molecule has 5 aromatic heterocycles. The van der Waals surface area contributed by atoms with E-state index in [0.29, 0.717) is 95.0 Å². The number of rotatable bonds is 23. The number of primary amides is 1.